The van der Waals surface area contributed by atoms with Crippen LogP contribution < -0.4 is 20.9 Å². The maximum atomic E-state index is 14.7. The summed E-state index contributed by atoms with van der Waals surface area (Å²) in [6, 6.07) is 7.86. The van der Waals surface area contributed by atoms with Crippen LogP contribution in [0, 0.1) is 0 Å². The molecule has 1 aliphatic heterocycles. The van der Waals surface area contributed by atoms with Crippen LogP contribution >= 0.6 is 7.75 Å². The summed E-state index contributed by atoms with van der Waals surface area (Å²) in [5.41, 5.74) is -1.62. The number of carbonyl (C=O) groups excluding carboxylic acids is 1. The van der Waals surface area contributed by atoms with E-state index in [9.17, 15) is 28.4 Å². The van der Waals surface area contributed by atoms with Crippen molar-refractivity contribution in [2.24, 2.45) is 0 Å². The minimum Gasteiger partial charge on any atom is -0.462 e. The molecule has 1 fully saturated rings. The first kappa shape index (κ1) is 26.8. The van der Waals surface area contributed by atoms with E-state index in [-0.39, 0.29) is 5.75 Å². The van der Waals surface area contributed by atoms with Crippen molar-refractivity contribution in [2.45, 2.75) is 57.5 Å². The lowest BCUT2D eigenvalue weighted by Crippen LogP contribution is -2.37. The fraction of sp³-hybridized carbons (Fsp3) is 0.476. The number of ether oxygens (including phenoxy) is 2. The monoisotopic (exact) mass is 515 g/mol. The number of hydrogen-bond acceptors (Lipinski definition) is 9. The molecule has 192 valence electrons. The molecule has 0 radical (unpaired) electrons. The number of nitrogens with one attached hydrogen (secondary N) is 2. The van der Waals surface area contributed by atoms with Crippen molar-refractivity contribution in [1.29, 1.82) is 0 Å². The van der Waals surface area contributed by atoms with E-state index in [1.54, 1.807) is 32.0 Å². The number of esters is 1. The molecule has 0 amide bonds. The minimum absolute atomic E-state index is 0.154. The molecular formula is C21H27FN3O9P. The lowest BCUT2D eigenvalue weighted by Gasteiger charge is -2.25. The van der Waals surface area contributed by atoms with E-state index in [2.05, 4.69) is 5.09 Å². The van der Waals surface area contributed by atoms with Crippen LogP contribution in [0.25, 0.3) is 0 Å². The second-order valence-corrected chi connectivity index (χ2v) is 9.75. The van der Waals surface area contributed by atoms with Gasteiger partial charge in [0.25, 0.3) is 5.56 Å². The predicted octanol–water partition coefficient (Wildman–Crippen LogP) is 1.27. The molecule has 2 aromatic rings. The second kappa shape index (κ2) is 11.3. The van der Waals surface area contributed by atoms with Crippen LogP contribution in [0.3, 0.4) is 0 Å². The maximum absolute atomic E-state index is 14.7. The number of rotatable bonds is 10. The molecule has 1 saturated heterocycles. The number of nitrogens with zero attached hydrogens (tertiary/aromatic N) is 1. The molecule has 0 spiro atoms. The third kappa shape index (κ3) is 6.86. The Labute approximate surface area is 199 Å². The Kier molecular flexibility index (Phi) is 8.62. The highest BCUT2D eigenvalue weighted by Crippen LogP contribution is 2.46. The maximum Gasteiger partial charge on any atom is 0.459 e. The summed E-state index contributed by atoms with van der Waals surface area (Å²) in [5, 5.41) is 12.8. The smallest absolute Gasteiger partial charge is 0.459 e. The number of aliphatic hydroxyl groups excluding tert-OH is 1. The van der Waals surface area contributed by atoms with Crippen molar-refractivity contribution in [3.05, 3.63) is 63.4 Å². The van der Waals surface area contributed by atoms with E-state index >= 15 is 0 Å². The molecule has 0 saturated carbocycles. The van der Waals surface area contributed by atoms with Crippen LogP contribution in [0.15, 0.2) is 52.2 Å². The first-order valence-corrected chi connectivity index (χ1v) is 12.3. The van der Waals surface area contributed by atoms with Gasteiger partial charge in [0.05, 0.1) is 12.7 Å². The summed E-state index contributed by atoms with van der Waals surface area (Å²) in [7, 11) is -4.28. The number of halogens is 1. The summed E-state index contributed by atoms with van der Waals surface area (Å²) >= 11 is 0. The first-order chi connectivity index (χ1) is 16.5. The molecule has 3 rings (SSSR count). The highest BCUT2D eigenvalue weighted by molar-refractivity contribution is 7.52. The Morgan fingerprint density at radius 1 is 1.26 bits per heavy atom. The van der Waals surface area contributed by atoms with E-state index in [4.69, 9.17) is 18.5 Å². The van der Waals surface area contributed by atoms with Gasteiger partial charge in [0, 0.05) is 12.3 Å². The van der Waals surface area contributed by atoms with E-state index in [1.165, 1.54) is 19.1 Å². The van der Waals surface area contributed by atoms with Crippen LogP contribution in [-0.2, 0) is 23.4 Å². The number of para-hydroxylation sites is 1. The molecule has 14 heteroatoms. The Balaban J connectivity index is 1.75. The van der Waals surface area contributed by atoms with Gasteiger partial charge in [0.15, 0.2) is 12.4 Å². The van der Waals surface area contributed by atoms with Crippen LogP contribution in [0.1, 0.15) is 27.0 Å². The van der Waals surface area contributed by atoms with Crippen molar-refractivity contribution in [1.82, 2.24) is 14.6 Å². The molecule has 12 nitrogen and oxygen atoms in total. The number of aliphatic hydroxyl groups is 1. The minimum atomic E-state index is -4.28. The molecule has 1 aliphatic rings. The number of carbonyl (C=O) groups is 1. The quantitative estimate of drug-likeness (QED) is 0.311. The first-order valence-electron chi connectivity index (χ1n) is 10.8. The van der Waals surface area contributed by atoms with Gasteiger partial charge in [-0.1, -0.05) is 18.2 Å². The fourth-order valence-electron chi connectivity index (χ4n) is 3.20. The number of H-pyrrole nitrogens is 1. The molecule has 1 unspecified atom stereocenters. The summed E-state index contributed by atoms with van der Waals surface area (Å²) in [4.78, 5) is 37.4. The second-order valence-electron chi connectivity index (χ2n) is 8.05. The topological polar surface area (TPSA) is 158 Å². The Morgan fingerprint density at radius 3 is 2.57 bits per heavy atom. The van der Waals surface area contributed by atoms with Gasteiger partial charge in [0.1, 0.15) is 24.0 Å². The number of aromatic amines is 1. The average Bonchev–Trinajstić information content (AvgIpc) is 3.06. The van der Waals surface area contributed by atoms with Gasteiger partial charge in [-0.2, -0.15) is 5.09 Å². The number of aromatic nitrogens is 2. The van der Waals surface area contributed by atoms with Crippen molar-refractivity contribution < 1.29 is 37.4 Å². The average molecular weight is 515 g/mol. The Morgan fingerprint density at radius 2 is 1.94 bits per heavy atom. The molecule has 0 bridgehead atoms. The van der Waals surface area contributed by atoms with E-state index in [0.717, 1.165) is 16.8 Å². The molecule has 1 aromatic heterocycles. The van der Waals surface area contributed by atoms with E-state index in [0.29, 0.717) is 0 Å². The molecule has 1 aromatic carbocycles. The fourth-order valence-corrected chi connectivity index (χ4v) is 4.70. The van der Waals surface area contributed by atoms with Crippen LogP contribution in [-0.4, -0.2) is 57.8 Å². The SMILES string of the molecule is CC(C)OC(=O)[C@H](C)NP(=O)(OC[C@H]1O[C@@H](n2ccc(=O)[nH]c2=O)[C@H](F)[C@@H]1O)Oc1ccccc1. The van der Waals surface area contributed by atoms with Gasteiger partial charge >= 0.3 is 19.4 Å². The zero-order valence-electron chi connectivity index (χ0n) is 19.2. The normalized spacial score (nSPS) is 24.6. The summed E-state index contributed by atoms with van der Waals surface area (Å²) in [6.07, 6.45) is -6.13. The van der Waals surface area contributed by atoms with Gasteiger partial charge in [-0.05, 0) is 32.9 Å². The largest absolute Gasteiger partial charge is 0.462 e. The zero-order chi connectivity index (χ0) is 25.8. The lowest BCUT2D eigenvalue weighted by atomic mass is 10.1. The molecular weight excluding hydrogens is 488 g/mol. The predicted molar refractivity (Wildman–Crippen MR) is 121 cm³/mol. The van der Waals surface area contributed by atoms with Crippen molar-refractivity contribution >= 4 is 13.7 Å². The van der Waals surface area contributed by atoms with Crippen LogP contribution in [0.5, 0.6) is 5.75 Å². The van der Waals surface area contributed by atoms with Gasteiger partial charge in [0.2, 0.25) is 0 Å². The van der Waals surface area contributed by atoms with Gasteiger partial charge in [-0.25, -0.2) is 13.8 Å². The van der Waals surface area contributed by atoms with Crippen molar-refractivity contribution in [2.75, 3.05) is 6.61 Å². The van der Waals surface area contributed by atoms with Gasteiger partial charge in [-0.3, -0.25) is 23.7 Å². The number of benzene rings is 1. The summed E-state index contributed by atoms with van der Waals surface area (Å²) in [5.74, 6) is -0.555. The lowest BCUT2D eigenvalue weighted by molar-refractivity contribution is -0.149. The third-order valence-corrected chi connectivity index (χ3v) is 6.50. The van der Waals surface area contributed by atoms with E-state index < -0.39 is 68.3 Å². The number of hydrogen-bond donors (Lipinski definition) is 3. The van der Waals surface area contributed by atoms with Crippen LogP contribution in [0.4, 0.5) is 4.39 Å². The molecule has 35 heavy (non-hydrogen) atoms. The summed E-state index contributed by atoms with van der Waals surface area (Å²) in [6.45, 7) is 4.07. The highest BCUT2D eigenvalue weighted by Gasteiger charge is 2.47. The molecule has 3 N–H and O–H groups in total. The van der Waals surface area contributed by atoms with Gasteiger partial charge < -0.3 is 19.1 Å². The molecule has 6 atom stereocenters. The third-order valence-electron chi connectivity index (χ3n) is 4.85. The number of alkyl halides is 1. The van der Waals surface area contributed by atoms with Crippen LogP contribution in [0.2, 0.25) is 0 Å². The van der Waals surface area contributed by atoms with Crippen molar-refractivity contribution in [3.8, 4) is 5.75 Å². The Bertz CT molecular complexity index is 1170. The summed E-state index contributed by atoms with van der Waals surface area (Å²) < 4.78 is 50.4. The molecule has 0 aliphatic carbocycles. The standard InChI is InChI=1S/C21H27FN3O9P/c1-12(2)32-20(28)13(3)24-35(30,34-14-7-5-4-6-8-14)31-11-15-18(27)17(22)19(33-15)25-10-9-16(26)23-21(25)29/h4-10,12-13,15,17-19,27H,11H2,1-3H3,(H,24,30)(H,23,26,29)/t13-,15+,17+,18+,19+,35?/m0/s1. The highest BCUT2D eigenvalue weighted by atomic mass is 31.2. The van der Waals surface area contributed by atoms with Gasteiger partial charge in [-0.15, -0.1) is 0 Å². The molecule has 2 heterocycles. The Hall–Kier alpha value is -2.83. The van der Waals surface area contributed by atoms with E-state index in [1.807, 2.05) is 4.98 Å². The van der Waals surface area contributed by atoms with Crippen molar-refractivity contribution in [3.63, 3.8) is 0 Å². The zero-order valence-corrected chi connectivity index (χ0v) is 20.1.